The van der Waals surface area contributed by atoms with Crippen LogP contribution in [0.2, 0.25) is 0 Å². The molecule has 1 atom stereocenters. The van der Waals surface area contributed by atoms with Gasteiger partial charge >= 0.3 is 5.97 Å². The van der Waals surface area contributed by atoms with E-state index in [2.05, 4.69) is 0 Å². The first-order valence-electron chi connectivity index (χ1n) is 9.84. The number of hydrogen-bond acceptors (Lipinski definition) is 2. The van der Waals surface area contributed by atoms with Crippen molar-refractivity contribution < 1.29 is 13.9 Å². The number of halogens is 1. The molecule has 0 N–H and O–H groups in total. The summed E-state index contributed by atoms with van der Waals surface area (Å²) in [5.74, 6) is -0.897. The first-order chi connectivity index (χ1) is 14.6. The number of ether oxygens (including phenoxy) is 1. The fourth-order valence-corrected chi connectivity index (χ4v) is 3.34. The maximum absolute atomic E-state index is 14.6. The molecule has 4 rings (SSSR count). The van der Waals surface area contributed by atoms with E-state index >= 15 is 0 Å². The second kappa shape index (κ2) is 8.75. The van der Waals surface area contributed by atoms with Crippen LogP contribution in [0.5, 0.6) is 5.75 Å². The van der Waals surface area contributed by atoms with Crippen molar-refractivity contribution in [3.8, 4) is 28.0 Å². The number of benzene rings is 4. The second-order valence-corrected chi connectivity index (χ2v) is 7.14. The van der Waals surface area contributed by atoms with Crippen LogP contribution in [0.1, 0.15) is 18.4 Å². The van der Waals surface area contributed by atoms with E-state index in [-0.39, 0.29) is 5.82 Å². The monoisotopic (exact) mass is 396 g/mol. The van der Waals surface area contributed by atoms with Gasteiger partial charge in [-0.2, -0.15) is 0 Å². The van der Waals surface area contributed by atoms with Crippen LogP contribution in [-0.4, -0.2) is 5.97 Å². The van der Waals surface area contributed by atoms with E-state index in [1.165, 1.54) is 6.07 Å². The zero-order valence-corrected chi connectivity index (χ0v) is 16.6. The highest BCUT2D eigenvalue weighted by atomic mass is 19.1. The molecule has 0 heterocycles. The van der Waals surface area contributed by atoms with E-state index in [9.17, 15) is 9.18 Å². The molecule has 0 saturated carbocycles. The minimum absolute atomic E-state index is 0.356. The Labute approximate surface area is 175 Å². The lowest BCUT2D eigenvalue weighted by Gasteiger charge is -2.13. The smallest absolute Gasteiger partial charge is 0.318 e. The van der Waals surface area contributed by atoms with Gasteiger partial charge in [0, 0.05) is 5.56 Å². The highest BCUT2D eigenvalue weighted by Crippen LogP contribution is 2.28. The Morgan fingerprint density at radius 3 is 1.90 bits per heavy atom. The van der Waals surface area contributed by atoms with Crippen molar-refractivity contribution in [2.75, 3.05) is 0 Å². The molecule has 148 valence electrons. The van der Waals surface area contributed by atoms with Gasteiger partial charge < -0.3 is 4.74 Å². The number of hydrogen-bond donors (Lipinski definition) is 0. The Morgan fingerprint density at radius 1 is 0.733 bits per heavy atom. The standard InChI is InChI=1S/C27H21FO2/c1-19(23-14-17-25(26(28)18-23)22-10-6-3-7-11-22)27(29)30-24-15-12-21(13-16-24)20-8-4-2-5-9-20/h2-19H,1H3. The van der Waals surface area contributed by atoms with Gasteiger partial charge in [-0.3, -0.25) is 4.79 Å². The molecule has 0 fully saturated rings. The molecule has 0 bridgehead atoms. The molecule has 1 unspecified atom stereocenters. The number of carbonyl (C=O) groups is 1. The molecule has 3 heteroatoms. The minimum atomic E-state index is -0.585. The average molecular weight is 396 g/mol. The molecule has 0 saturated heterocycles. The van der Waals surface area contributed by atoms with Gasteiger partial charge in [-0.15, -0.1) is 0 Å². The van der Waals surface area contributed by atoms with Gasteiger partial charge in [0.05, 0.1) is 5.92 Å². The van der Waals surface area contributed by atoms with Crippen molar-refractivity contribution in [1.82, 2.24) is 0 Å². The fraction of sp³-hybridized carbons (Fsp3) is 0.0741. The second-order valence-electron chi connectivity index (χ2n) is 7.14. The summed E-state index contributed by atoms with van der Waals surface area (Å²) in [7, 11) is 0. The third-order valence-electron chi connectivity index (χ3n) is 5.11. The molecular formula is C27H21FO2. The van der Waals surface area contributed by atoms with Gasteiger partial charge in [0.1, 0.15) is 11.6 Å². The van der Waals surface area contributed by atoms with E-state index in [0.29, 0.717) is 16.9 Å². The molecule has 0 spiro atoms. The van der Waals surface area contributed by atoms with Crippen molar-refractivity contribution in [3.05, 3.63) is 115 Å². The topological polar surface area (TPSA) is 26.3 Å². The maximum Gasteiger partial charge on any atom is 0.318 e. The lowest BCUT2D eigenvalue weighted by atomic mass is 9.97. The van der Waals surface area contributed by atoms with Crippen LogP contribution < -0.4 is 4.74 Å². The normalized spacial score (nSPS) is 11.7. The number of carbonyl (C=O) groups excluding carboxylic acids is 1. The van der Waals surface area contributed by atoms with Crippen molar-refractivity contribution in [2.24, 2.45) is 0 Å². The lowest BCUT2D eigenvalue weighted by Crippen LogP contribution is -2.16. The highest BCUT2D eigenvalue weighted by molar-refractivity contribution is 5.80. The van der Waals surface area contributed by atoms with Gasteiger partial charge in [0.15, 0.2) is 0 Å². The first kappa shape index (κ1) is 19.6. The highest BCUT2D eigenvalue weighted by Gasteiger charge is 2.19. The third-order valence-corrected chi connectivity index (χ3v) is 5.11. The van der Waals surface area contributed by atoms with Crippen molar-refractivity contribution >= 4 is 5.97 Å². The van der Waals surface area contributed by atoms with E-state index in [1.807, 2.05) is 72.8 Å². The molecule has 0 radical (unpaired) electrons. The third kappa shape index (κ3) is 4.31. The molecule has 0 aliphatic rings. The van der Waals surface area contributed by atoms with Crippen LogP contribution >= 0.6 is 0 Å². The predicted molar refractivity (Wildman–Crippen MR) is 118 cm³/mol. The summed E-state index contributed by atoms with van der Waals surface area (Å²) < 4.78 is 20.2. The van der Waals surface area contributed by atoms with E-state index in [4.69, 9.17) is 4.74 Å². The first-order valence-corrected chi connectivity index (χ1v) is 9.84. The summed E-state index contributed by atoms with van der Waals surface area (Å²) in [5, 5.41) is 0. The number of rotatable bonds is 5. The van der Waals surface area contributed by atoms with Crippen molar-refractivity contribution in [3.63, 3.8) is 0 Å². The summed E-state index contributed by atoms with van der Waals surface area (Å²) >= 11 is 0. The molecule has 0 amide bonds. The van der Waals surface area contributed by atoms with Gasteiger partial charge in [0.25, 0.3) is 0 Å². The Balaban J connectivity index is 1.47. The Kier molecular flexibility index (Phi) is 5.71. The van der Waals surface area contributed by atoms with Gasteiger partial charge in [0.2, 0.25) is 0 Å². The van der Waals surface area contributed by atoms with Crippen molar-refractivity contribution in [2.45, 2.75) is 12.8 Å². The Morgan fingerprint density at radius 2 is 1.30 bits per heavy atom. The molecule has 30 heavy (non-hydrogen) atoms. The van der Waals surface area contributed by atoms with Crippen LogP contribution in [0.15, 0.2) is 103 Å². The summed E-state index contributed by atoms with van der Waals surface area (Å²) in [5.41, 5.74) is 4.03. The number of esters is 1. The van der Waals surface area contributed by atoms with Gasteiger partial charge in [-0.25, -0.2) is 4.39 Å². The predicted octanol–water partition coefficient (Wildman–Crippen LogP) is 6.87. The zero-order chi connectivity index (χ0) is 20.9. The summed E-state index contributed by atoms with van der Waals surface area (Å²) in [6.45, 7) is 1.72. The zero-order valence-electron chi connectivity index (χ0n) is 16.6. The Bertz CT molecular complexity index is 1140. The largest absolute Gasteiger partial charge is 0.426 e. The van der Waals surface area contributed by atoms with Gasteiger partial charge in [-0.1, -0.05) is 84.9 Å². The molecule has 4 aromatic carbocycles. The maximum atomic E-state index is 14.6. The summed E-state index contributed by atoms with van der Waals surface area (Å²) in [4.78, 5) is 12.6. The lowest BCUT2D eigenvalue weighted by molar-refractivity contribution is -0.135. The van der Waals surface area contributed by atoms with Crippen molar-refractivity contribution in [1.29, 1.82) is 0 Å². The van der Waals surface area contributed by atoms with Crippen LogP contribution in [0, 0.1) is 5.82 Å². The molecule has 4 aromatic rings. The van der Waals surface area contributed by atoms with Crippen LogP contribution in [0.4, 0.5) is 4.39 Å². The van der Waals surface area contributed by atoms with E-state index in [0.717, 1.165) is 16.7 Å². The fourth-order valence-electron chi connectivity index (χ4n) is 3.34. The SMILES string of the molecule is CC(C(=O)Oc1ccc(-c2ccccc2)cc1)c1ccc(-c2ccccc2)c(F)c1. The van der Waals surface area contributed by atoms with Gasteiger partial charge in [-0.05, 0) is 47.4 Å². The Hall–Kier alpha value is -3.72. The molecule has 0 aliphatic heterocycles. The summed E-state index contributed by atoms with van der Waals surface area (Å²) in [6, 6.07) is 31.6. The molecule has 0 aliphatic carbocycles. The molecular weight excluding hydrogens is 375 g/mol. The van der Waals surface area contributed by atoms with Crippen LogP contribution in [-0.2, 0) is 4.79 Å². The average Bonchev–Trinajstić information content (AvgIpc) is 2.80. The summed E-state index contributed by atoms with van der Waals surface area (Å²) in [6.07, 6.45) is 0. The van der Waals surface area contributed by atoms with E-state index in [1.54, 1.807) is 31.2 Å². The van der Waals surface area contributed by atoms with Crippen LogP contribution in [0.25, 0.3) is 22.3 Å². The minimum Gasteiger partial charge on any atom is -0.426 e. The van der Waals surface area contributed by atoms with E-state index < -0.39 is 11.9 Å². The quantitative estimate of drug-likeness (QED) is 0.272. The van der Waals surface area contributed by atoms with Crippen LogP contribution in [0.3, 0.4) is 0 Å². The molecule has 0 aromatic heterocycles. The molecule has 2 nitrogen and oxygen atoms in total.